The number of likely N-dealkylation sites (N-methyl/N-ethyl adjacent to an activating group) is 1. The van der Waals surface area contributed by atoms with Crippen LogP contribution in [0, 0.1) is 6.92 Å². The van der Waals surface area contributed by atoms with Crippen LogP contribution in [-0.2, 0) is 16.1 Å². The minimum atomic E-state index is -0.477. The van der Waals surface area contributed by atoms with E-state index in [0.717, 1.165) is 17.0 Å². The van der Waals surface area contributed by atoms with E-state index in [1.54, 1.807) is 4.90 Å². The van der Waals surface area contributed by atoms with Crippen LogP contribution in [0.25, 0.3) is 11.3 Å². The second-order valence-electron chi connectivity index (χ2n) is 5.79. The van der Waals surface area contributed by atoms with Crippen molar-refractivity contribution in [2.45, 2.75) is 20.4 Å². The standard InChI is InChI=1S/C18H20N4O2/c1-3-21-9-10-22(18(24)17(21)23)12-16-19-13(2)11-15(20-16)14-7-5-4-6-8-14/h4-8,11H,3,9-10,12H2,1-2H3. The molecule has 0 bridgehead atoms. The first-order valence-electron chi connectivity index (χ1n) is 8.06. The maximum absolute atomic E-state index is 12.2. The minimum absolute atomic E-state index is 0.254. The SMILES string of the molecule is CCN1CCN(Cc2nc(C)cc(-c3ccccc3)n2)C(=O)C1=O. The molecule has 2 heterocycles. The van der Waals surface area contributed by atoms with Gasteiger partial charge < -0.3 is 9.80 Å². The van der Waals surface area contributed by atoms with Crippen LogP contribution in [0.2, 0.25) is 0 Å². The lowest BCUT2D eigenvalue weighted by Crippen LogP contribution is -2.53. The van der Waals surface area contributed by atoms with Crippen LogP contribution < -0.4 is 0 Å². The van der Waals surface area contributed by atoms with Crippen LogP contribution in [0.4, 0.5) is 0 Å². The topological polar surface area (TPSA) is 66.4 Å². The quantitative estimate of drug-likeness (QED) is 0.802. The Labute approximate surface area is 141 Å². The van der Waals surface area contributed by atoms with Crippen molar-refractivity contribution in [1.29, 1.82) is 0 Å². The molecule has 0 atom stereocenters. The van der Waals surface area contributed by atoms with Gasteiger partial charge >= 0.3 is 11.8 Å². The molecular weight excluding hydrogens is 304 g/mol. The van der Waals surface area contributed by atoms with E-state index in [0.29, 0.717) is 25.5 Å². The molecule has 3 rings (SSSR count). The number of aryl methyl sites for hydroxylation is 1. The van der Waals surface area contributed by atoms with Gasteiger partial charge in [0, 0.05) is 30.9 Å². The van der Waals surface area contributed by atoms with Crippen LogP contribution in [0.15, 0.2) is 36.4 Å². The van der Waals surface area contributed by atoms with Gasteiger partial charge in [0.1, 0.15) is 5.82 Å². The molecule has 0 aliphatic carbocycles. The van der Waals surface area contributed by atoms with Crippen molar-refractivity contribution in [3.63, 3.8) is 0 Å². The Bertz CT molecular complexity index is 761. The van der Waals surface area contributed by atoms with E-state index >= 15 is 0 Å². The Morgan fingerprint density at radius 1 is 1.00 bits per heavy atom. The number of carbonyl (C=O) groups is 2. The number of amides is 2. The third-order valence-electron chi connectivity index (χ3n) is 4.08. The van der Waals surface area contributed by atoms with Crippen LogP contribution in [0.3, 0.4) is 0 Å². The van der Waals surface area contributed by atoms with E-state index in [9.17, 15) is 9.59 Å². The van der Waals surface area contributed by atoms with E-state index in [-0.39, 0.29) is 6.54 Å². The Hall–Kier alpha value is -2.76. The van der Waals surface area contributed by atoms with Gasteiger partial charge in [0.2, 0.25) is 0 Å². The normalized spacial score (nSPS) is 15.1. The van der Waals surface area contributed by atoms with Crippen molar-refractivity contribution in [3.05, 3.63) is 47.9 Å². The molecule has 0 saturated carbocycles. The highest BCUT2D eigenvalue weighted by molar-refractivity contribution is 6.35. The number of hydrogen-bond donors (Lipinski definition) is 0. The smallest absolute Gasteiger partial charge is 0.312 e. The zero-order chi connectivity index (χ0) is 17.1. The van der Waals surface area contributed by atoms with Crippen molar-refractivity contribution in [2.75, 3.05) is 19.6 Å². The van der Waals surface area contributed by atoms with Crippen LogP contribution in [-0.4, -0.2) is 51.2 Å². The van der Waals surface area contributed by atoms with Gasteiger partial charge in [-0.2, -0.15) is 0 Å². The summed E-state index contributed by atoms with van der Waals surface area (Å²) in [5.41, 5.74) is 2.66. The molecule has 1 aromatic carbocycles. The van der Waals surface area contributed by atoms with Crippen LogP contribution >= 0.6 is 0 Å². The predicted octanol–water partition coefficient (Wildman–Crippen LogP) is 1.64. The minimum Gasteiger partial charge on any atom is -0.333 e. The van der Waals surface area contributed by atoms with Crippen molar-refractivity contribution < 1.29 is 9.59 Å². The molecule has 1 aromatic heterocycles. The first-order chi connectivity index (χ1) is 11.6. The van der Waals surface area contributed by atoms with E-state index in [1.807, 2.05) is 50.2 Å². The molecular formula is C18H20N4O2. The van der Waals surface area contributed by atoms with E-state index < -0.39 is 11.8 Å². The van der Waals surface area contributed by atoms with Gasteiger partial charge in [-0.1, -0.05) is 30.3 Å². The fraction of sp³-hybridized carbons (Fsp3) is 0.333. The summed E-state index contributed by atoms with van der Waals surface area (Å²) in [5, 5.41) is 0. The Kier molecular flexibility index (Phi) is 4.55. The lowest BCUT2D eigenvalue weighted by Gasteiger charge is -2.32. The highest BCUT2D eigenvalue weighted by Crippen LogP contribution is 2.18. The molecule has 1 aliphatic heterocycles. The highest BCUT2D eigenvalue weighted by atomic mass is 16.2. The molecule has 0 spiro atoms. The van der Waals surface area contributed by atoms with Gasteiger partial charge in [-0.15, -0.1) is 0 Å². The van der Waals surface area contributed by atoms with Crippen molar-refractivity contribution in [3.8, 4) is 11.3 Å². The van der Waals surface area contributed by atoms with Gasteiger partial charge in [0.25, 0.3) is 0 Å². The summed E-state index contributed by atoms with van der Waals surface area (Å²) >= 11 is 0. The zero-order valence-corrected chi connectivity index (χ0v) is 13.9. The number of carbonyl (C=O) groups excluding carboxylic acids is 2. The molecule has 1 fully saturated rings. The van der Waals surface area contributed by atoms with Gasteiger partial charge in [-0.25, -0.2) is 9.97 Å². The average molecular weight is 324 g/mol. The number of hydrogen-bond acceptors (Lipinski definition) is 4. The van der Waals surface area contributed by atoms with Gasteiger partial charge in [-0.3, -0.25) is 9.59 Å². The summed E-state index contributed by atoms with van der Waals surface area (Å²) in [7, 11) is 0. The average Bonchev–Trinajstić information content (AvgIpc) is 2.59. The second kappa shape index (κ2) is 6.78. The summed E-state index contributed by atoms with van der Waals surface area (Å²) in [4.78, 5) is 36.3. The molecule has 0 radical (unpaired) electrons. The monoisotopic (exact) mass is 324 g/mol. The maximum Gasteiger partial charge on any atom is 0.312 e. The first-order valence-corrected chi connectivity index (χ1v) is 8.06. The van der Waals surface area contributed by atoms with E-state index in [4.69, 9.17) is 0 Å². The number of aromatic nitrogens is 2. The number of piperazine rings is 1. The Morgan fingerprint density at radius 2 is 1.67 bits per heavy atom. The Morgan fingerprint density at radius 3 is 2.38 bits per heavy atom. The lowest BCUT2D eigenvalue weighted by atomic mass is 10.1. The molecule has 0 unspecified atom stereocenters. The molecule has 124 valence electrons. The third-order valence-corrected chi connectivity index (χ3v) is 4.08. The molecule has 24 heavy (non-hydrogen) atoms. The fourth-order valence-electron chi connectivity index (χ4n) is 2.80. The summed E-state index contributed by atoms with van der Waals surface area (Å²) in [6.07, 6.45) is 0. The van der Waals surface area contributed by atoms with E-state index in [1.165, 1.54) is 4.90 Å². The maximum atomic E-state index is 12.2. The van der Waals surface area contributed by atoms with Crippen LogP contribution in [0.1, 0.15) is 18.4 Å². The van der Waals surface area contributed by atoms with Crippen molar-refractivity contribution >= 4 is 11.8 Å². The molecule has 1 aliphatic rings. The number of nitrogens with zero attached hydrogens (tertiary/aromatic N) is 4. The summed E-state index contributed by atoms with van der Waals surface area (Å²) in [6, 6.07) is 11.8. The molecule has 0 N–H and O–H groups in total. The third kappa shape index (κ3) is 3.27. The lowest BCUT2D eigenvalue weighted by molar-refractivity contribution is -0.156. The van der Waals surface area contributed by atoms with Crippen molar-refractivity contribution in [2.24, 2.45) is 0 Å². The zero-order valence-electron chi connectivity index (χ0n) is 13.9. The first kappa shape index (κ1) is 16.1. The van der Waals surface area contributed by atoms with E-state index in [2.05, 4.69) is 9.97 Å². The molecule has 6 heteroatoms. The summed E-state index contributed by atoms with van der Waals surface area (Å²) in [6.45, 7) is 5.65. The fourth-order valence-corrected chi connectivity index (χ4v) is 2.80. The summed E-state index contributed by atoms with van der Waals surface area (Å²) < 4.78 is 0. The number of benzene rings is 1. The van der Waals surface area contributed by atoms with Crippen LogP contribution in [0.5, 0.6) is 0 Å². The van der Waals surface area contributed by atoms with Gasteiger partial charge in [0.15, 0.2) is 0 Å². The van der Waals surface area contributed by atoms with Crippen molar-refractivity contribution in [1.82, 2.24) is 19.8 Å². The molecule has 2 amide bonds. The largest absolute Gasteiger partial charge is 0.333 e. The predicted molar refractivity (Wildman–Crippen MR) is 89.9 cm³/mol. The summed E-state index contributed by atoms with van der Waals surface area (Å²) in [5.74, 6) is -0.367. The molecule has 6 nitrogen and oxygen atoms in total. The van der Waals surface area contributed by atoms with Gasteiger partial charge in [0.05, 0.1) is 12.2 Å². The second-order valence-corrected chi connectivity index (χ2v) is 5.79. The number of rotatable bonds is 4. The highest BCUT2D eigenvalue weighted by Gasteiger charge is 2.31. The van der Waals surface area contributed by atoms with Gasteiger partial charge in [-0.05, 0) is 19.9 Å². The molecule has 1 saturated heterocycles. The Balaban J connectivity index is 1.82. The molecule has 2 aromatic rings.